The summed E-state index contributed by atoms with van der Waals surface area (Å²) in [6.45, 7) is 1.51. The highest BCUT2D eigenvalue weighted by molar-refractivity contribution is 8.00. The summed E-state index contributed by atoms with van der Waals surface area (Å²) >= 11 is 0.997. The molecule has 0 bridgehead atoms. The topological polar surface area (TPSA) is 101 Å². The number of carbonyl (C=O) groups excluding carboxylic acids is 2. The number of thioether (sulfide) groups is 1. The predicted molar refractivity (Wildman–Crippen MR) is 90.6 cm³/mol. The standard InChI is InChI=1S/C16H14FN3O4S/c1-10-8-11(6-7-13(10)20(23)24)16(22)19-18-15(21)9-25-14-5-3-2-4-12(14)17/h2-8H,9H2,1H3,(H,18,21)(H,19,22). The van der Waals surface area contributed by atoms with Gasteiger partial charge in [0.05, 0.1) is 10.7 Å². The molecule has 25 heavy (non-hydrogen) atoms. The van der Waals surface area contributed by atoms with Gasteiger partial charge in [-0.2, -0.15) is 0 Å². The lowest BCUT2D eigenvalue weighted by molar-refractivity contribution is -0.385. The third-order valence-electron chi connectivity index (χ3n) is 3.17. The Morgan fingerprint density at radius 3 is 2.56 bits per heavy atom. The van der Waals surface area contributed by atoms with Crippen LogP contribution in [0, 0.1) is 22.9 Å². The molecule has 2 rings (SSSR count). The molecule has 0 unspecified atom stereocenters. The Labute approximate surface area is 146 Å². The van der Waals surface area contributed by atoms with Crippen LogP contribution in [-0.4, -0.2) is 22.5 Å². The van der Waals surface area contributed by atoms with E-state index in [4.69, 9.17) is 0 Å². The van der Waals surface area contributed by atoms with Gasteiger partial charge in [-0.25, -0.2) is 4.39 Å². The molecule has 2 aromatic carbocycles. The maximum Gasteiger partial charge on any atom is 0.272 e. The van der Waals surface area contributed by atoms with E-state index in [1.807, 2.05) is 0 Å². The van der Waals surface area contributed by atoms with Crippen LogP contribution in [0.4, 0.5) is 10.1 Å². The molecule has 0 spiro atoms. The minimum absolute atomic E-state index is 0.0828. The van der Waals surface area contributed by atoms with Gasteiger partial charge >= 0.3 is 0 Å². The van der Waals surface area contributed by atoms with E-state index in [1.54, 1.807) is 18.2 Å². The number of amides is 2. The molecular formula is C16H14FN3O4S. The average Bonchev–Trinajstić information content (AvgIpc) is 2.58. The first kappa shape index (κ1) is 18.4. The van der Waals surface area contributed by atoms with Gasteiger partial charge in [0.15, 0.2) is 0 Å². The van der Waals surface area contributed by atoms with E-state index in [0.29, 0.717) is 10.5 Å². The van der Waals surface area contributed by atoms with Crippen LogP contribution in [0.25, 0.3) is 0 Å². The van der Waals surface area contributed by atoms with Crippen LogP contribution in [-0.2, 0) is 4.79 Å². The van der Waals surface area contributed by atoms with Crippen LogP contribution in [0.1, 0.15) is 15.9 Å². The van der Waals surface area contributed by atoms with Gasteiger partial charge in [0.25, 0.3) is 11.6 Å². The Morgan fingerprint density at radius 1 is 1.20 bits per heavy atom. The third-order valence-corrected chi connectivity index (χ3v) is 4.22. The van der Waals surface area contributed by atoms with Crippen LogP contribution in [0.3, 0.4) is 0 Å². The summed E-state index contributed by atoms with van der Waals surface area (Å²) in [5.41, 5.74) is 4.83. The molecule has 0 radical (unpaired) electrons. The molecular weight excluding hydrogens is 349 g/mol. The lowest BCUT2D eigenvalue weighted by Gasteiger charge is -2.08. The maximum absolute atomic E-state index is 13.4. The van der Waals surface area contributed by atoms with Crippen LogP contribution in [0.2, 0.25) is 0 Å². The number of nitro benzene ring substituents is 1. The van der Waals surface area contributed by atoms with E-state index in [2.05, 4.69) is 10.9 Å². The van der Waals surface area contributed by atoms with E-state index in [0.717, 1.165) is 11.8 Å². The monoisotopic (exact) mass is 363 g/mol. The highest BCUT2D eigenvalue weighted by Gasteiger charge is 2.14. The summed E-state index contributed by atoms with van der Waals surface area (Å²) in [6.07, 6.45) is 0. The number of hydrogen-bond acceptors (Lipinski definition) is 5. The Balaban J connectivity index is 1.87. The Morgan fingerprint density at radius 2 is 1.92 bits per heavy atom. The van der Waals surface area contributed by atoms with Crippen molar-refractivity contribution in [1.82, 2.24) is 10.9 Å². The number of halogens is 1. The second-order valence-corrected chi connectivity index (χ2v) is 6.00. The molecule has 130 valence electrons. The van der Waals surface area contributed by atoms with E-state index < -0.39 is 22.6 Å². The van der Waals surface area contributed by atoms with Gasteiger partial charge in [-0.1, -0.05) is 12.1 Å². The molecule has 2 aromatic rings. The van der Waals surface area contributed by atoms with Gasteiger partial charge in [-0.3, -0.25) is 30.6 Å². The number of nitro groups is 1. The lowest BCUT2D eigenvalue weighted by Crippen LogP contribution is -2.42. The van der Waals surface area contributed by atoms with Gasteiger partial charge < -0.3 is 0 Å². The highest BCUT2D eigenvalue weighted by atomic mass is 32.2. The smallest absolute Gasteiger partial charge is 0.272 e. The van der Waals surface area contributed by atoms with Crippen molar-refractivity contribution in [1.29, 1.82) is 0 Å². The number of rotatable bonds is 5. The Hall–Kier alpha value is -2.94. The first-order valence-electron chi connectivity index (χ1n) is 7.10. The molecule has 0 aromatic heterocycles. The summed E-state index contributed by atoms with van der Waals surface area (Å²) in [7, 11) is 0. The average molecular weight is 363 g/mol. The second-order valence-electron chi connectivity index (χ2n) is 4.98. The summed E-state index contributed by atoms with van der Waals surface area (Å²) < 4.78 is 13.4. The van der Waals surface area contributed by atoms with Crippen molar-refractivity contribution < 1.29 is 18.9 Å². The quantitative estimate of drug-likeness (QED) is 0.483. The normalized spacial score (nSPS) is 10.2. The van der Waals surface area contributed by atoms with Crippen molar-refractivity contribution in [2.45, 2.75) is 11.8 Å². The number of hydrogen-bond donors (Lipinski definition) is 2. The number of nitrogens with zero attached hydrogens (tertiary/aromatic N) is 1. The minimum atomic E-state index is -0.609. The molecule has 2 amide bonds. The number of carbonyl (C=O) groups is 2. The zero-order valence-corrected chi connectivity index (χ0v) is 13.9. The first-order valence-corrected chi connectivity index (χ1v) is 8.08. The largest absolute Gasteiger partial charge is 0.272 e. The molecule has 0 saturated carbocycles. The van der Waals surface area contributed by atoms with Crippen molar-refractivity contribution >= 4 is 29.3 Å². The number of benzene rings is 2. The summed E-state index contributed by atoms with van der Waals surface area (Å²) in [5.74, 6) is -1.63. The Bertz CT molecular complexity index is 829. The maximum atomic E-state index is 13.4. The predicted octanol–water partition coefficient (Wildman–Crippen LogP) is 2.60. The van der Waals surface area contributed by atoms with Gasteiger partial charge in [0.1, 0.15) is 5.82 Å². The fourth-order valence-corrected chi connectivity index (χ4v) is 2.68. The van der Waals surface area contributed by atoms with Crippen LogP contribution >= 0.6 is 11.8 Å². The van der Waals surface area contributed by atoms with E-state index in [1.165, 1.54) is 31.2 Å². The molecule has 2 N–H and O–H groups in total. The second kappa shape index (κ2) is 8.25. The van der Waals surface area contributed by atoms with Crippen molar-refractivity contribution in [2.75, 3.05) is 5.75 Å². The SMILES string of the molecule is Cc1cc(C(=O)NNC(=O)CSc2ccccc2F)ccc1[N+](=O)[O-]. The molecule has 7 nitrogen and oxygen atoms in total. The van der Waals surface area contributed by atoms with E-state index in [9.17, 15) is 24.1 Å². The molecule has 0 aliphatic heterocycles. The zero-order chi connectivity index (χ0) is 18.4. The third kappa shape index (κ3) is 5.01. The molecule has 0 heterocycles. The zero-order valence-electron chi connectivity index (χ0n) is 13.1. The van der Waals surface area contributed by atoms with Crippen molar-refractivity contribution in [2.24, 2.45) is 0 Å². The van der Waals surface area contributed by atoms with Gasteiger partial charge in [-0.05, 0) is 31.2 Å². The van der Waals surface area contributed by atoms with Crippen LogP contribution in [0.5, 0.6) is 0 Å². The Kier molecular flexibility index (Phi) is 6.07. The highest BCUT2D eigenvalue weighted by Crippen LogP contribution is 2.21. The van der Waals surface area contributed by atoms with Gasteiger partial charge in [0, 0.05) is 22.1 Å². The fourth-order valence-electron chi connectivity index (χ4n) is 1.94. The first-order chi connectivity index (χ1) is 11.9. The minimum Gasteiger partial charge on any atom is -0.272 e. The lowest BCUT2D eigenvalue weighted by atomic mass is 10.1. The number of hydrazine groups is 1. The molecule has 9 heteroatoms. The molecule has 0 fully saturated rings. The molecule has 0 aliphatic carbocycles. The van der Waals surface area contributed by atoms with E-state index >= 15 is 0 Å². The van der Waals surface area contributed by atoms with Gasteiger partial charge in [-0.15, -0.1) is 11.8 Å². The van der Waals surface area contributed by atoms with Crippen LogP contribution in [0.15, 0.2) is 47.4 Å². The molecule has 0 atom stereocenters. The number of aryl methyl sites for hydroxylation is 1. The van der Waals surface area contributed by atoms with E-state index in [-0.39, 0.29) is 17.0 Å². The number of nitrogens with one attached hydrogen (secondary N) is 2. The fraction of sp³-hybridized carbons (Fsp3) is 0.125. The summed E-state index contributed by atoms with van der Waals surface area (Å²) in [4.78, 5) is 34.2. The summed E-state index contributed by atoms with van der Waals surface area (Å²) in [5, 5.41) is 10.7. The van der Waals surface area contributed by atoms with Gasteiger partial charge in [0.2, 0.25) is 5.91 Å². The molecule has 0 saturated heterocycles. The van der Waals surface area contributed by atoms with Crippen LogP contribution < -0.4 is 10.9 Å². The van der Waals surface area contributed by atoms with Crippen molar-refractivity contribution in [3.8, 4) is 0 Å². The molecule has 0 aliphatic rings. The van der Waals surface area contributed by atoms with Crippen molar-refractivity contribution in [3.63, 3.8) is 0 Å². The summed E-state index contributed by atoms with van der Waals surface area (Å²) in [6, 6.07) is 9.91. The van der Waals surface area contributed by atoms with Crippen molar-refractivity contribution in [3.05, 3.63) is 69.5 Å².